The van der Waals surface area contributed by atoms with E-state index in [9.17, 15) is 9.18 Å². The molecule has 1 aromatic heterocycles. The van der Waals surface area contributed by atoms with Gasteiger partial charge in [0.25, 0.3) is 0 Å². The van der Waals surface area contributed by atoms with Crippen LogP contribution in [0, 0.1) is 11.7 Å². The first-order chi connectivity index (χ1) is 10.5. The van der Waals surface area contributed by atoms with Gasteiger partial charge in [0, 0.05) is 12.5 Å². The Labute approximate surface area is 129 Å². The predicted molar refractivity (Wildman–Crippen MR) is 84.1 cm³/mol. The first-order valence-corrected chi connectivity index (χ1v) is 7.17. The molecule has 0 fully saturated rings. The number of benzene rings is 1. The molecule has 6 heteroatoms. The van der Waals surface area contributed by atoms with Gasteiger partial charge in [0.2, 0.25) is 5.91 Å². The van der Waals surface area contributed by atoms with Crippen LogP contribution in [0.25, 0.3) is 0 Å². The molecule has 0 aliphatic carbocycles. The average Bonchev–Trinajstić information content (AvgIpc) is 2.51. The van der Waals surface area contributed by atoms with Crippen LogP contribution in [0.2, 0.25) is 0 Å². The lowest BCUT2D eigenvalue weighted by Gasteiger charge is -2.08. The predicted octanol–water partition coefficient (Wildman–Crippen LogP) is 2.86. The summed E-state index contributed by atoms with van der Waals surface area (Å²) in [6.07, 6.45) is 0.758. The average molecular weight is 302 g/mol. The highest BCUT2D eigenvalue weighted by atomic mass is 19.1. The first-order valence-electron chi connectivity index (χ1n) is 7.17. The molecular formula is C16H19FN4O. The summed E-state index contributed by atoms with van der Waals surface area (Å²) in [6.45, 7) is 4.29. The van der Waals surface area contributed by atoms with Crippen molar-refractivity contribution in [2.45, 2.75) is 20.3 Å². The van der Waals surface area contributed by atoms with E-state index in [0.717, 1.165) is 12.0 Å². The van der Waals surface area contributed by atoms with Gasteiger partial charge >= 0.3 is 0 Å². The van der Waals surface area contributed by atoms with Crippen molar-refractivity contribution in [3.63, 3.8) is 0 Å². The lowest BCUT2D eigenvalue weighted by Crippen LogP contribution is -2.19. The molecule has 0 radical (unpaired) electrons. The first kappa shape index (κ1) is 15.9. The Morgan fingerprint density at radius 3 is 2.32 bits per heavy atom. The van der Waals surface area contributed by atoms with Crippen LogP contribution < -0.4 is 10.6 Å². The molecule has 0 aliphatic heterocycles. The van der Waals surface area contributed by atoms with Gasteiger partial charge in [-0.1, -0.05) is 26.0 Å². The van der Waals surface area contributed by atoms with Gasteiger partial charge in [0.15, 0.2) is 5.82 Å². The normalized spacial score (nSPS) is 10.5. The number of anilines is 2. The van der Waals surface area contributed by atoms with Crippen molar-refractivity contribution in [3.05, 3.63) is 47.8 Å². The van der Waals surface area contributed by atoms with Crippen LogP contribution in [-0.4, -0.2) is 22.6 Å². The van der Waals surface area contributed by atoms with E-state index in [-0.39, 0.29) is 17.6 Å². The number of aromatic nitrogens is 2. The summed E-state index contributed by atoms with van der Waals surface area (Å²) in [6, 6.07) is 9.87. The molecule has 0 aliphatic rings. The van der Waals surface area contributed by atoms with Crippen LogP contribution in [-0.2, 0) is 11.2 Å². The third-order valence-corrected chi connectivity index (χ3v) is 3.07. The number of carbonyl (C=O) groups is 1. The maximum Gasteiger partial charge on any atom is 0.228 e. The van der Waals surface area contributed by atoms with E-state index in [1.807, 2.05) is 13.8 Å². The molecule has 116 valence electrons. The highest BCUT2D eigenvalue weighted by Gasteiger charge is 2.08. The molecule has 1 heterocycles. The molecule has 0 saturated heterocycles. The molecule has 0 unspecified atom stereocenters. The topological polar surface area (TPSA) is 66.9 Å². The standard InChI is InChI=1S/C16H19FN4O/c1-11(2)16(22)19-15-8-7-14(20-21-15)18-10-9-12-3-5-13(17)6-4-12/h3-8,11H,9-10H2,1-2H3,(H,18,20)(H,19,21,22). The number of hydrogen-bond donors (Lipinski definition) is 2. The molecule has 2 aromatic rings. The summed E-state index contributed by atoms with van der Waals surface area (Å²) in [4.78, 5) is 11.5. The fraction of sp³-hybridized carbons (Fsp3) is 0.312. The van der Waals surface area contributed by atoms with Crippen LogP contribution in [0.15, 0.2) is 36.4 Å². The van der Waals surface area contributed by atoms with Crippen LogP contribution in [0.3, 0.4) is 0 Å². The second kappa shape index (κ2) is 7.49. The second-order valence-electron chi connectivity index (χ2n) is 5.25. The zero-order valence-electron chi connectivity index (χ0n) is 12.6. The SMILES string of the molecule is CC(C)C(=O)Nc1ccc(NCCc2ccc(F)cc2)nn1. The molecule has 0 spiro atoms. The monoisotopic (exact) mass is 302 g/mol. The van der Waals surface area contributed by atoms with Crippen LogP contribution >= 0.6 is 0 Å². The minimum absolute atomic E-state index is 0.0914. The summed E-state index contributed by atoms with van der Waals surface area (Å²) in [7, 11) is 0. The Bertz CT molecular complexity index is 611. The number of amides is 1. The quantitative estimate of drug-likeness (QED) is 0.861. The number of carbonyl (C=O) groups excluding carboxylic acids is 1. The Hall–Kier alpha value is -2.50. The van der Waals surface area contributed by atoms with E-state index in [4.69, 9.17) is 0 Å². The number of rotatable bonds is 6. The molecule has 2 rings (SSSR count). The zero-order valence-corrected chi connectivity index (χ0v) is 12.6. The Balaban J connectivity index is 1.81. The van der Waals surface area contributed by atoms with E-state index in [1.165, 1.54) is 12.1 Å². The van der Waals surface area contributed by atoms with Gasteiger partial charge in [-0.15, -0.1) is 10.2 Å². The van der Waals surface area contributed by atoms with Crippen molar-refractivity contribution >= 4 is 17.5 Å². The van der Waals surface area contributed by atoms with Crippen molar-refractivity contribution in [1.82, 2.24) is 10.2 Å². The molecule has 0 saturated carbocycles. The largest absolute Gasteiger partial charge is 0.368 e. The maximum absolute atomic E-state index is 12.8. The van der Waals surface area contributed by atoms with Gasteiger partial charge in [0.1, 0.15) is 11.6 Å². The van der Waals surface area contributed by atoms with Crippen LogP contribution in [0.4, 0.5) is 16.0 Å². The molecule has 2 N–H and O–H groups in total. The van der Waals surface area contributed by atoms with E-state index in [2.05, 4.69) is 20.8 Å². The fourth-order valence-electron chi connectivity index (χ4n) is 1.75. The van der Waals surface area contributed by atoms with Gasteiger partial charge in [-0.25, -0.2) is 4.39 Å². The van der Waals surface area contributed by atoms with Crippen molar-refractivity contribution < 1.29 is 9.18 Å². The van der Waals surface area contributed by atoms with Gasteiger partial charge < -0.3 is 10.6 Å². The molecule has 0 atom stereocenters. The Morgan fingerprint density at radius 1 is 1.09 bits per heavy atom. The van der Waals surface area contributed by atoms with Crippen molar-refractivity contribution in [2.75, 3.05) is 17.2 Å². The molecule has 0 bridgehead atoms. The number of nitrogens with zero attached hydrogens (tertiary/aromatic N) is 2. The minimum Gasteiger partial charge on any atom is -0.368 e. The third kappa shape index (κ3) is 4.80. The fourth-order valence-corrected chi connectivity index (χ4v) is 1.75. The van der Waals surface area contributed by atoms with E-state index in [1.54, 1.807) is 24.3 Å². The molecular weight excluding hydrogens is 283 g/mol. The molecule has 5 nitrogen and oxygen atoms in total. The van der Waals surface area contributed by atoms with E-state index >= 15 is 0 Å². The third-order valence-electron chi connectivity index (χ3n) is 3.07. The van der Waals surface area contributed by atoms with Crippen molar-refractivity contribution in [1.29, 1.82) is 0 Å². The molecule has 1 aromatic carbocycles. The van der Waals surface area contributed by atoms with Crippen molar-refractivity contribution in [3.8, 4) is 0 Å². The highest BCUT2D eigenvalue weighted by Crippen LogP contribution is 2.08. The number of nitrogens with one attached hydrogen (secondary N) is 2. The molecule has 1 amide bonds. The molecule has 22 heavy (non-hydrogen) atoms. The summed E-state index contributed by atoms with van der Waals surface area (Å²) < 4.78 is 12.8. The van der Waals surface area contributed by atoms with Gasteiger partial charge in [-0.3, -0.25) is 4.79 Å². The second-order valence-corrected chi connectivity index (χ2v) is 5.25. The van der Waals surface area contributed by atoms with Gasteiger partial charge in [-0.2, -0.15) is 0 Å². The minimum atomic E-state index is -0.235. The van der Waals surface area contributed by atoms with E-state index in [0.29, 0.717) is 18.2 Å². The smallest absolute Gasteiger partial charge is 0.228 e. The maximum atomic E-state index is 12.8. The number of hydrogen-bond acceptors (Lipinski definition) is 4. The summed E-state index contributed by atoms with van der Waals surface area (Å²) >= 11 is 0. The Kier molecular flexibility index (Phi) is 5.41. The summed E-state index contributed by atoms with van der Waals surface area (Å²) in [5, 5.41) is 13.8. The lowest BCUT2D eigenvalue weighted by atomic mass is 10.1. The van der Waals surface area contributed by atoms with Crippen LogP contribution in [0.1, 0.15) is 19.4 Å². The summed E-state index contributed by atoms with van der Waals surface area (Å²) in [5.41, 5.74) is 1.04. The van der Waals surface area contributed by atoms with Crippen molar-refractivity contribution in [2.24, 2.45) is 5.92 Å². The van der Waals surface area contributed by atoms with Crippen LogP contribution in [0.5, 0.6) is 0 Å². The highest BCUT2D eigenvalue weighted by molar-refractivity contribution is 5.91. The van der Waals surface area contributed by atoms with Gasteiger partial charge in [0.05, 0.1) is 0 Å². The number of halogens is 1. The summed E-state index contributed by atoms with van der Waals surface area (Å²) in [5.74, 6) is 0.635. The Morgan fingerprint density at radius 2 is 1.73 bits per heavy atom. The zero-order chi connectivity index (χ0) is 15.9. The lowest BCUT2D eigenvalue weighted by molar-refractivity contribution is -0.118. The van der Waals surface area contributed by atoms with Gasteiger partial charge in [-0.05, 0) is 36.2 Å². The van der Waals surface area contributed by atoms with E-state index < -0.39 is 0 Å².